The summed E-state index contributed by atoms with van der Waals surface area (Å²) in [4.78, 5) is 14.5. The van der Waals surface area contributed by atoms with Crippen LogP contribution in [0.15, 0.2) is 18.2 Å². The summed E-state index contributed by atoms with van der Waals surface area (Å²) in [6.07, 6.45) is 0. The fraction of sp³-hybridized carbons (Fsp3) is 0.333. The van der Waals surface area contributed by atoms with Crippen molar-refractivity contribution in [3.63, 3.8) is 0 Å². The fourth-order valence-electron chi connectivity index (χ4n) is 0.892. The van der Waals surface area contributed by atoms with Crippen LogP contribution in [0.1, 0.15) is 5.69 Å². The van der Waals surface area contributed by atoms with E-state index in [1.54, 1.807) is 6.07 Å². The lowest BCUT2D eigenvalue weighted by molar-refractivity contribution is -0.137. The molecule has 0 saturated carbocycles. The quantitative estimate of drug-likeness (QED) is 0.768. The van der Waals surface area contributed by atoms with Gasteiger partial charge >= 0.3 is 5.97 Å². The molecule has 1 aromatic heterocycles. The minimum Gasteiger partial charge on any atom is -0.480 e. The van der Waals surface area contributed by atoms with Crippen LogP contribution >= 0.6 is 23.4 Å². The number of carboxylic acid groups (broad SMARTS) is 1. The van der Waals surface area contributed by atoms with Crippen molar-refractivity contribution in [2.75, 3.05) is 5.75 Å². The smallest absolute Gasteiger partial charge is 0.321 e. The molecule has 0 amide bonds. The number of halogens is 1. The van der Waals surface area contributed by atoms with Crippen LogP contribution in [0.4, 0.5) is 0 Å². The predicted octanol–water partition coefficient (Wildman–Crippen LogP) is 1.38. The van der Waals surface area contributed by atoms with Crippen LogP contribution in [0, 0.1) is 0 Å². The lowest BCUT2D eigenvalue weighted by atomic mass is 10.4. The van der Waals surface area contributed by atoms with Gasteiger partial charge in [0.05, 0.1) is 5.69 Å². The summed E-state index contributed by atoms with van der Waals surface area (Å²) in [6.45, 7) is 0. The number of nitrogens with two attached hydrogens (primary N) is 1. The molecule has 15 heavy (non-hydrogen) atoms. The summed E-state index contributed by atoms with van der Waals surface area (Å²) in [7, 11) is 0. The molecule has 1 heterocycles. The van der Waals surface area contributed by atoms with Crippen molar-refractivity contribution in [1.82, 2.24) is 4.98 Å². The topological polar surface area (TPSA) is 76.2 Å². The van der Waals surface area contributed by atoms with Gasteiger partial charge in [-0.3, -0.25) is 4.79 Å². The average molecular weight is 247 g/mol. The Morgan fingerprint density at radius 1 is 1.67 bits per heavy atom. The molecular formula is C9H11ClN2O2S. The van der Waals surface area contributed by atoms with Gasteiger partial charge in [0.1, 0.15) is 11.2 Å². The maximum absolute atomic E-state index is 10.4. The summed E-state index contributed by atoms with van der Waals surface area (Å²) >= 11 is 7.12. The molecule has 82 valence electrons. The first kappa shape index (κ1) is 12.3. The number of thioether (sulfide) groups is 1. The molecule has 1 rings (SSSR count). The summed E-state index contributed by atoms with van der Waals surface area (Å²) in [6, 6.07) is 4.51. The van der Waals surface area contributed by atoms with E-state index in [9.17, 15) is 4.79 Å². The van der Waals surface area contributed by atoms with Gasteiger partial charge in [-0.2, -0.15) is 11.8 Å². The van der Waals surface area contributed by atoms with Crippen molar-refractivity contribution < 1.29 is 9.90 Å². The molecule has 6 heteroatoms. The van der Waals surface area contributed by atoms with E-state index in [2.05, 4.69) is 4.98 Å². The van der Waals surface area contributed by atoms with Crippen molar-refractivity contribution in [2.24, 2.45) is 5.73 Å². The molecule has 0 aliphatic rings. The number of pyridine rings is 1. The highest BCUT2D eigenvalue weighted by Gasteiger charge is 2.10. The Kier molecular flexibility index (Phi) is 4.87. The molecule has 0 aliphatic heterocycles. The van der Waals surface area contributed by atoms with Gasteiger partial charge in [-0.1, -0.05) is 17.7 Å². The number of carbonyl (C=O) groups is 1. The number of aromatic nitrogens is 1. The van der Waals surface area contributed by atoms with E-state index in [1.807, 2.05) is 12.1 Å². The minimum absolute atomic E-state index is 0.365. The molecule has 0 aliphatic carbocycles. The molecule has 1 aromatic rings. The normalized spacial score (nSPS) is 12.4. The standard InChI is InChI=1S/C9H11ClN2O2S/c10-8-3-1-2-6(12-8)4-15-5-7(11)9(13)14/h1-3,7H,4-5,11H2,(H,13,14)/t7-/m1/s1. The van der Waals surface area contributed by atoms with Crippen LogP contribution in [0.25, 0.3) is 0 Å². The van der Waals surface area contributed by atoms with Gasteiger partial charge in [0.25, 0.3) is 0 Å². The molecule has 0 radical (unpaired) electrons. The Morgan fingerprint density at radius 2 is 2.40 bits per heavy atom. The average Bonchev–Trinajstić information content (AvgIpc) is 2.17. The molecule has 4 nitrogen and oxygen atoms in total. The van der Waals surface area contributed by atoms with Gasteiger partial charge in [0.15, 0.2) is 0 Å². The van der Waals surface area contributed by atoms with Crippen molar-refractivity contribution in [2.45, 2.75) is 11.8 Å². The number of rotatable bonds is 5. The second-order valence-electron chi connectivity index (χ2n) is 2.91. The van der Waals surface area contributed by atoms with Gasteiger partial charge in [0, 0.05) is 11.5 Å². The van der Waals surface area contributed by atoms with Crippen LogP contribution in [0.3, 0.4) is 0 Å². The molecule has 0 bridgehead atoms. The van der Waals surface area contributed by atoms with Crippen molar-refractivity contribution in [1.29, 1.82) is 0 Å². The van der Waals surface area contributed by atoms with Crippen molar-refractivity contribution in [3.8, 4) is 0 Å². The third-order valence-electron chi connectivity index (χ3n) is 1.64. The first-order valence-corrected chi connectivity index (χ1v) is 5.80. The molecule has 3 N–H and O–H groups in total. The summed E-state index contributed by atoms with van der Waals surface area (Å²) in [5.74, 6) is -0.00742. The maximum atomic E-state index is 10.4. The lowest BCUT2D eigenvalue weighted by Gasteiger charge is -2.05. The predicted molar refractivity (Wildman–Crippen MR) is 61.0 cm³/mol. The Morgan fingerprint density at radius 3 is 3.00 bits per heavy atom. The highest BCUT2D eigenvalue weighted by Crippen LogP contribution is 2.13. The van der Waals surface area contributed by atoms with E-state index >= 15 is 0 Å². The van der Waals surface area contributed by atoms with E-state index in [0.717, 1.165) is 5.69 Å². The summed E-state index contributed by atoms with van der Waals surface area (Å²) in [5.41, 5.74) is 6.17. The van der Waals surface area contributed by atoms with Gasteiger partial charge in [-0.05, 0) is 12.1 Å². The number of hydrogen-bond donors (Lipinski definition) is 2. The summed E-state index contributed by atoms with van der Waals surface area (Å²) < 4.78 is 0. The fourth-order valence-corrected chi connectivity index (χ4v) is 1.96. The maximum Gasteiger partial charge on any atom is 0.321 e. The first-order chi connectivity index (χ1) is 7.09. The van der Waals surface area contributed by atoms with E-state index in [4.69, 9.17) is 22.4 Å². The van der Waals surface area contributed by atoms with E-state index in [0.29, 0.717) is 16.7 Å². The van der Waals surface area contributed by atoms with E-state index < -0.39 is 12.0 Å². The highest BCUT2D eigenvalue weighted by atomic mass is 35.5. The lowest BCUT2D eigenvalue weighted by Crippen LogP contribution is -2.32. The highest BCUT2D eigenvalue weighted by molar-refractivity contribution is 7.98. The molecule has 0 fully saturated rings. The van der Waals surface area contributed by atoms with Gasteiger partial charge in [0.2, 0.25) is 0 Å². The first-order valence-electron chi connectivity index (χ1n) is 4.27. The van der Waals surface area contributed by atoms with Crippen molar-refractivity contribution in [3.05, 3.63) is 29.0 Å². The largest absolute Gasteiger partial charge is 0.480 e. The molecule has 0 aromatic carbocycles. The summed E-state index contributed by atoms with van der Waals surface area (Å²) in [5, 5.41) is 8.99. The third kappa shape index (κ3) is 4.51. The molecule has 0 unspecified atom stereocenters. The van der Waals surface area contributed by atoms with Crippen LogP contribution in [0.5, 0.6) is 0 Å². The van der Waals surface area contributed by atoms with Gasteiger partial charge in [-0.15, -0.1) is 0 Å². The Bertz CT molecular complexity index is 349. The Hall–Kier alpha value is -0.780. The molecule has 0 saturated heterocycles. The number of carboxylic acids is 1. The second-order valence-corrected chi connectivity index (χ2v) is 4.33. The zero-order chi connectivity index (χ0) is 11.3. The Labute approximate surface area is 96.8 Å². The molecule has 1 atom stereocenters. The van der Waals surface area contributed by atoms with Crippen LogP contribution in [-0.2, 0) is 10.5 Å². The monoisotopic (exact) mass is 246 g/mol. The zero-order valence-electron chi connectivity index (χ0n) is 7.89. The van der Waals surface area contributed by atoms with Gasteiger partial charge < -0.3 is 10.8 Å². The molecule has 0 spiro atoms. The zero-order valence-corrected chi connectivity index (χ0v) is 9.46. The SMILES string of the molecule is N[C@H](CSCc1cccc(Cl)n1)C(=O)O. The van der Waals surface area contributed by atoms with E-state index in [-0.39, 0.29) is 0 Å². The Balaban J connectivity index is 2.35. The van der Waals surface area contributed by atoms with Crippen molar-refractivity contribution >= 4 is 29.3 Å². The van der Waals surface area contributed by atoms with Crippen LogP contribution in [-0.4, -0.2) is 27.9 Å². The van der Waals surface area contributed by atoms with Crippen LogP contribution < -0.4 is 5.73 Å². The van der Waals surface area contributed by atoms with E-state index in [1.165, 1.54) is 11.8 Å². The molecular weight excluding hydrogens is 236 g/mol. The second kappa shape index (κ2) is 5.95. The number of nitrogens with zero attached hydrogens (tertiary/aromatic N) is 1. The van der Waals surface area contributed by atoms with Gasteiger partial charge in [-0.25, -0.2) is 4.98 Å². The number of hydrogen-bond acceptors (Lipinski definition) is 4. The minimum atomic E-state index is -0.985. The third-order valence-corrected chi connectivity index (χ3v) is 2.94. The number of aliphatic carboxylic acids is 1. The van der Waals surface area contributed by atoms with Crippen LogP contribution in [0.2, 0.25) is 5.15 Å².